The van der Waals surface area contributed by atoms with Crippen molar-refractivity contribution in [3.8, 4) is 0 Å². The minimum atomic E-state index is -0.232. The SMILES string of the molecule is CCN(C)C(=O)C1c2cncn2C2(CCN(CCc3ccccc3)CC2)CN1C. The summed E-state index contributed by atoms with van der Waals surface area (Å²) < 4.78 is 2.33. The molecule has 4 rings (SSSR count). The number of benzene rings is 1. The Labute approximate surface area is 174 Å². The van der Waals surface area contributed by atoms with Crippen molar-refractivity contribution in [1.29, 1.82) is 0 Å². The number of hydrogen-bond donors (Lipinski definition) is 0. The third kappa shape index (κ3) is 3.83. The van der Waals surface area contributed by atoms with E-state index >= 15 is 0 Å². The quantitative estimate of drug-likeness (QED) is 0.780. The summed E-state index contributed by atoms with van der Waals surface area (Å²) >= 11 is 0. The van der Waals surface area contributed by atoms with Crippen LogP contribution in [0.5, 0.6) is 0 Å². The molecule has 0 N–H and O–H groups in total. The Morgan fingerprint density at radius 3 is 2.66 bits per heavy atom. The van der Waals surface area contributed by atoms with Crippen LogP contribution in [0, 0.1) is 0 Å². The Morgan fingerprint density at radius 1 is 1.24 bits per heavy atom. The van der Waals surface area contributed by atoms with Gasteiger partial charge in [-0.25, -0.2) is 4.98 Å². The zero-order valence-corrected chi connectivity index (χ0v) is 17.9. The third-order valence-electron chi connectivity index (χ3n) is 6.87. The number of carbonyl (C=O) groups is 1. The molecule has 1 fully saturated rings. The number of amides is 1. The molecular weight excluding hydrogens is 362 g/mol. The zero-order valence-electron chi connectivity index (χ0n) is 17.9. The summed E-state index contributed by atoms with van der Waals surface area (Å²) in [5.41, 5.74) is 2.50. The standard InChI is InChI=1S/C23H33N5O/c1-4-25(2)22(29)21-20-16-24-18-28(20)23(17-26(21)3)11-14-27(15-12-23)13-10-19-8-6-5-7-9-19/h5-9,16,18,21H,4,10-15,17H2,1-3H3. The maximum absolute atomic E-state index is 13.0. The van der Waals surface area contributed by atoms with Gasteiger partial charge >= 0.3 is 0 Å². The highest BCUT2D eigenvalue weighted by Gasteiger charge is 2.46. The number of carbonyl (C=O) groups excluding carboxylic acids is 1. The first-order chi connectivity index (χ1) is 14.0. The van der Waals surface area contributed by atoms with Gasteiger partial charge in [-0.15, -0.1) is 0 Å². The summed E-state index contributed by atoms with van der Waals surface area (Å²) in [6, 6.07) is 10.5. The van der Waals surface area contributed by atoms with Gasteiger partial charge in [0.15, 0.2) is 0 Å². The van der Waals surface area contributed by atoms with E-state index in [1.807, 2.05) is 31.4 Å². The molecule has 0 aliphatic carbocycles. The topological polar surface area (TPSA) is 44.6 Å². The summed E-state index contributed by atoms with van der Waals surface area (Å²) in [4.78, 5) is 24.1. The lowest BCUT2D eigenvalue weighted by Gasteiger charge is -2.50. The van der Waals surface area contributed by atoms with Gasteiger partial charge in [0.25, 0.3) is 0 Å². The molecule has 1 amide bonds. The highest BCUT2D eigenvalue weighted by atomic mass is 16.2. The number of likely N-dealkylation sites (tertiary alicyclic amines) is 1. The molecule has 2 aromatic rings. The van der Waals surface area contributed by atoms with Crippen LogP contribution in [-0.2, 0) is 16.8 Å². The maximum Gasteiger partial charge on any atom is 0.245 e. The van der Waals surface area contributed by atoms with Gasteiger partial charge in [-0.1, -0.05) is 30.3 Å². The van der Waals surface area contributed by atoms with Gasteiger partial charge in [-0.2, -0.15) is 0 Å². The van der Waals surface area contributed by atoms with Gasteiger partial charge in [-0.05, 0) is 38.8 Å². The predicted molar refractivity (Wildman–Crippen MR) is 115 cm³/mol. The lowest BCUT2D eigenvalue weighted by atomic mass is 9.83. The Bertz CT molecular complexity index is 825. The molecule has 1 aromatic heterocycles. The van der Waals surface area contributed by atoms with Crippen LogP contribution in [0.15, 0.2) is 42.9 Å². The fourth-order valence-electron chi connectivity index (χ4n) is 4.96. The molecule has 3 heterocycles. The van der Waals surface area contributed by atoms with Crippen molar-refractivity contribution in [2.45, 2.75) is 37.8 Å². The molecule has 6 heteroatoms. The second kappa shape index (κ2) is 8.28. The summed E-state index contributed by atoms with van der Waals surface area (Å²) in [6.07, 6.45) is 7.14. The van der Waals surface area contributed by atoms with Crippen molar-refractivity contribution >= 4 is 5.91 Å². The normalized spacial score (nSPS) is 21.8. The molecule has 0 saturated carbocycles. The van der Waals surface area contributed by atoms with E-state index < -0.39 is 0 Å². The van der Waals surface area contributed by atoms with Crippen LogP contribution in [0.4, 0.5) is 0 Å². The number of imidazole rings is 1. The van der Waals surface area contributed by atoms with Gasteiger partial charge in [0.1, 0.15) is 6.04 Å². The first-order valence-corrected chi connectivity index (χ1v) is 10.8. The van der Waals surface area contributed by atoms with Crippen LogP contribution in [0.1, 0.15) is 37.1 Å². The molecule has 1 atom stereocenters. The molecule has 6 nitrogen and oxygen atoms in total. The molecule has 2 aliphatic heterocycles. The fraction of sp³-hybridized carbons (Fsp3) is 0.565. The average molecular weight is 396 g/mol. The van der Waals surface area contributed by atoms with Gasteiger partial charge in [-0.3, -0.25) is 9.69 Å². The van der Waals surface area contributed by atoms with Gasteiger partial charge in [0.2, 0.25) is 5.91 Å². The van der Waals surface area contributed by atoms with Gasteiger partial charge in [0.05, 0.1) is 23.8 Å². The first-order valence-electron chi connectivity index (χ1n) is 10.8. The van der Waals surface area contributed by atoms with Crippen LogP contribution in [0.2, 0.25) is 0 Å². The predicted octanol–water partition coefficient (Wildman–Crippen LogP) is 2.38. The molecule has 1 aromatic carbocycles. The van der Waals surface area contributed by atoms with Crippen molar-refractivity contribution in [3.63, 3.8) is 0 Å². The summed E-state index contributed by atoms with van der Waals surface area (Å²) in [6.45, 7) is 6.92. The van der Waals surface area contributed by atoms with Crippen molar-refractivity contribution in [2.75, 3.05) is 46.8 Å². The smallest absolute Gasteiger partial charge is 0.245 e. The second-order valence-electron chi connectivity index (χ2n) is 8.66. The van der Waals surface area contributed by atoms with E-state index in [0.29, 0.717) is 0 Å². The largest absolute Gasteiger partial charge is 0.344 e. The Balaban J connectivity index is 1.46. The molecule has 1 saturated heterocycles. The van der Waals surface area contributed by atoms with Crippen LogP contribution >= 0.6 is 0 Å². The average Bonchev–Trinajstić information content (AvgIpc) is 3.24. The Morgan fingerprint density at radius 2 is 1.97 bits per heavy atom. The lowest BCUT2D eigenvalue weighted by Crippen LogP contribution is -2.58. The lowest BCUT2D eigenvalue weighted by molar-refractivity contribution is -0.137. The van der Waals surface area contributed by atoms with Crippen molar-refractivity contribution < 1.29 is 4.79 Å². The molecule has 156 valence electrons. The Hall–Kier alpha value is -2.18. The summed E-state index contributed by atoms with van der Waals surface area (Å²) in [7, 11) is 3.97. The van der Waals surface area contributed by atoms with Crippen LogP contribution in [0.25, 0.3) is 0 Å². The van der Waals surface area contributed by atoms with Crippen LogP contribution in [-0.4, -0.2) is 77.0 Å². The minimum Gasteiger partial charge on any atom is -0.344 e. The van der Waals surface area contributed by atoms with Gasteiger partial charge in [0, 0.05) is 39.8 Å². The van der Waals surface area contributed by atoms with Crippen molar-refractivity contribution in [3.05, 3.63) is 54.1 Å². The number of aromatic nitrogens is 2. The van der Waals surface area contributed by atoms with E-state index in [9.17, 15) is 4.79 Å². The van der Waals surface area contributed by atoms with E-state index in [4.69, 9.17) is 0 Å². The zero-order chi connectivity index (χ0) is 20.4. The number of hydrogen-bond acceptors (Lipinski definition) is 4. The van der Waals surface area contributed by atoms with Crippen LogP contribution < -0.4 is 0 Å². The van der Waals surface area contributed by atoms with Crippen LogP contribution in [0.3, 0.4) is 0 Å². The molecule has 2 aliphatic rings. The summed E-state index contributed by atoms with van der Waals surface area (Å²) in [5.74, 6) is 0.159. The number of nitrogens with zero attached hydrogens (tertiary/aromatic N) is 5. The molecule has 1 spiro atoms. The molecule has 1 unspecified atom stereocenters. The third-order valence-corrected chi connectivity index (χ3v) is 6.87. The van der Waals surface area contributed by atoms with Crippen molar-refractivity contribution in [1.82, 2.24) is 24.3 Å². The minimum absolute atomic E-state index is 0.0470. The number of fused-ring (bicyclic) bond motifs is 2. The number of likely N-dealkylation sites (N-methyl/N-ethyl adjacent to an activating group) is 2. The molecule has 29 heavy (non-hydrogen) atoms. The fourth-order valence-corrected chi connectivity index (χ4v) is 4.96. The summed E-state index contributed by atoms with van der Waals surface area (Å²) in [5, 5.41) is 0. The van der Waals surface area contributed by atoms with E-state index in [2.05, 4.69) is 56.7 Å². The number of piperidine rings is 1. The van der Waals surface area contributed by atoms with E-state index in [0.717, 1.165) is 57.7 Å². The maximum atomic E-state index is 13.0. The number of rotatable bonds is 5. The van der Waals surface area contributed by atoms with E-state index in [1.165, 1.54) is 5.56 Å². The second-order valence-corrected chi connectivity index (χ2v) is 8.66. The molecule has 0 radical (unpaired) electrons. The monoisotopic (exact) mass is 395 g/mol. The van der Waals surface area contributed by atoms with Crippen molar-refractivity contribution in [2.24, 2.45) is 0 Å². The Kier molecular flexibility index (Phi) is 5.74. The molecule has 0 bridgehead atoms. The van der Waals surface area contributed by atoms with Gasteiger partial charge < -0.3 is 14.4 Å². The highest BCUT2D eigenvalue weighted by Crippen LogP contribution is 2.40. The highest BCUT2D eigenvalue weighted by molar-refractivity contribution is 5.82. The van der Waals surface area contributed by atoms with E-state index in [-0.39, 0.29) is 17.5 Å². The first kappa shape index (κ1) is 20.1. The van der Waals surface area contributed by atoms with E-state index in [1.54, 1.807) is 0 Å². The molecular formula is C23H33N5O.